The number of thiophene rings is 1. The molecule has 2 atom stereocenters. The number of hydrogen-bond acceptors (Lipinski definition) is 4. The second kappa shape index (κ2) is 7.48. The van der Waals surface area contributed by atoms with E-state index in [1.54, 1.807) is 6.20 Å². The fraction of sp³-hybridized carbons (Fsp3) is 0.438. The lowest BCUT2D eigenvalue weighted by Crippen LogP contribution is -2.43. The molecule has 0 bridgehead atoms. The highest BCUT2D eigenvalue weighted by atomic mass is 32.1. The molecule has 24 heavy (non-hydrogen) atoms. The van der Waals surface area contributed by atoms with E-state index in [-0.39, 0.29) is 24.4 Å². The molecule has 3 amide bonds. The van der Waals surface area contributed by atoms with Crippen molar-refractivity contribution in [3.63, 3.8) is 0 Å². The lowest BCUT2D eigenvalue weighted by Gasteiger charge is -2.33. The molecule has 0 aromatic carbocycles. The number of hydrogen-bond donors (Lipinski definition) is 2. The van der Waals surface area contributed by atoms with Gasteiger partial charge in [0.15, 0.2) is 0 Å². The van der Waals surface area contributed by atoms with E-state index in [0.717, 1.165) is 24.3 Å². The van der Waals surface area contributed by atoms with E-state index in [2.05, 4.69) is 10.4 Å². The van der Waals surface area contributed by atoms with Crippen molar-refractivity contribution in [2.45, 2.75) is 31.3 Å². The molecule has 1 saturated heterocycles. The number of piperidine rings is 1. The highest BCUT2D eigenvalue weighted by molar-refractivity contribution is 7.10. The summed E-state index contributed by atoms with van der Waals surface area (Å²) in [7, 11) is 0. The van der Waals surface area contributed by atoms with Crippen molar-refractivity contribution < 1.29 is 9.59 Å². The van der Waals surface area contributed by atoms with E-state index < -0.39 is 6.03 Å². The Balaban J connectivity index is 1.65. The van der Waals surface area contributed by atoms with Crippen LogP contribution in [0.4, 0.5) is 4.79 Å². The highest BCUT2D eigenvalue weighted by Gasteiger charge is 2.27. The van der Waals surface area contributed by atoms with E-state index in [1.807, 2.05) is 39.4 Å². The molecule has 8 heteroatoms. The van der Waals surface area contributed by atoms with Gasteiger partial charge in [0, 0.05) is 30.4 Å². The molecule has 2 aromatic heterocycles. The summed E-state index contributed by atoms with van der Waals surface area (Å²) in [5.74, 6) is 0.0269. The van der Waals surface area contributed by atoms with E-state index in [4.69, 9.17) is 5.73 Å². The van der Waals surface area contributed by atoms with Crippen LogP contribution >= 0.6 is 11.3 Å². The number of nitrogens with two attached hydrogens (primary N) is 1. The van der Waals surface area contributed by atoms with Gasteiger partial charge in [0.05, 0.1) is 18.5 Å². The zero-order valence-electron chi connectivity index (χ0n) is 13.3. The molecule has 128 valence electrons. The lowest BCUT2D eigenvalue weighted by molar-refractivity contribution is -0.133. The van der Waals surface area contributed by atoms with E-state index in [1.165, 1.54) is 11.3 Å². The minimum absolute atomic E-state index is 0.0269. The molecule has 3 N–H and O–H groups in total. The van der Waals surface area contributed by atoms with Crippen molar-refractivity contribution >= 4 is 23.3 Å². The summed E-state index contributed by atoms with van der Waals surface area (Å²) in [6, 6.07) is 4.91. The first kappa shape index (κ1) is 16.5. The Morgan fingerprint density at radius 3 is 3.00 bits per heavy atom. The van der Waals surface area contributed by atoms with E-state index in [9.17, 15) is 9.59 Å². The number of rotatable bonds is 5. The smallest absolute Gasteiger partial charge is 0.312 e. The Kier molecular flexibility index (Phi) is 5.14. The zero-order chi connectivity index (χ0) is 16.9. The van der Waals surface area contributed by atoms with Crippen molar-refractivity contribution in [3.8, 4) is 0 Å². The summed E-state index contributed by atoms with van der Waals surface area (Å²) < 4.78 is 1.91. The molecule has 3 heterocycles. The fourth-order valence-corrected chi connectivity index (χ4v) is 3.86. The van der Waals surface area contributed by atoms with Gasteiger partial charge in [0.1, 0.15) is 0 Å². The average molecular weight is 347 g/mol. The van der Waals surface area contributed by atoms with Crippen molar-refractivity contribution in [2.75, 3.05) is 13.1 Å². The number of primary amides is 1. The van der Waals surface area contributed by atoms with Gasteiger partial charge in [-0.1, -0.05) is 6.07 Å². The van der Waals surface area contributed by atoms with Crippen LogP contribution in [0.15, 0.2) is 36.0 Å². The van der Waals surface area contributed by atoms with Crippen molar-refractivity contribution in [1.29, 1.82) is 0 Å². The SMILES string of the molecule is NC(=O)N[C@H](CC(=O)N1CCC[C@@H](n2cccn2)C1)c1cccs1. The topological polar surface area (TPSA) is 93.2 Å². The second-order valence-corrected chi connectivity index (χ2v) is 6.88. The van der Waals surface area contributed by atoms with Crippen molar-refractivity contribution in [2.24, 2.45) is 5.73 Å². The molecule has 1 aliphatic heterocycles. The molecule has 7 nitrogen and oxygen atoms in total. The number of likely N-dealkylation sites (tertiary alicyclic amines) is 1. The fourth-order valence-electron chi connectivity index (χ4n) is 3.08. The number of nitrogens with zero attached hydrogens (tertiary/aromatic N) is 3. The van der Waals surface area contributed by atoms with Crippen molar-refractivity contribution in [3.05, 3.63) is 40.8 Å². The van der Waals surface area contributed by atoms with Crippen LogP contribution in [0, 0.1) is 0 Å². The first-order chi connectivity index (χ1) is 11.6. The number of nitrogens with one attached hydrogen (secondary N) is 1. The summed E-state index contributed by atoms with van der Waals surface area (Å²) in [6.45, 7) is 1.39. The van der Waals surface area contributed by atoms with E-state index in [0.29, 0.717) is 6.54 Å². The van der Waals surface area contributed by atoms with Crippen molar-refractivity contribution in [1.82, 2.24) is 20.0 Å². The molecular weight excluding hydrogens is 326 g/mol. The second-order valence-electron chi connectivity index (χ2n) is 5.90. The van der Waals surface area contributed by atoms with Gasteiger partial charge in [-0.3, -0.25) is 9.48 Å². The average Bonchev–Trinajstić information content (AvgIpc) is 3.27. The number of urea groups is 1. The molecule has 1 fully saturated rings. The monoisotopic (exact) mass is 347 g/mol. The molecule has 0 radical (unpaired) electrons. The lowest BCUT2D eigenvalue weighted by atomic mass is 10.0. The minimum atomic E-state index is -0.616. The Hall–Kier alpha value is -2.35. The summed E-state index contributed by atoms with van der Waals surface area (Å²) in [5.41, 5.74) is 5.26. The van der Waals surface area contributed by atoms with Gasteiger partial charge in [0.25, 0.3) is 0 Å². The summed E-state index contributed by atoms with van der Waals surface area (Å²) >= 11 is 1.51. The first-order valence-electron chi connectivity index (χ1n) is 8.00. The Labute approximate surface area is 144 Å². The zero-order valence-corrected chi connectivity index (χ0v) is 14.1. The van der Waals surface area contributed by atoms with Crippen LogP contribution < -0.4 is 11.1 Å². The van der Waals surface area contributed by atoms with Crippen LogP contribution in [0.2, 0.25) is 0 Å². The van der Waals surface area contributed by atoms with Gasteiger partial charge < -0.3 is 16.0 Å². The van der Waals surface area contributed by atoms with Crippen LogP contribution in [0.25, 0.3) is 0 Å². The number of carbonyl (C=O) groups is 2. The van der Waals surface area contributed by atoms with Crippen LogP contribution in [-0.2, 0) is 4.79 Å². The van der Waals surface area contributed by atoms with Crippen LogP contribution in [-0.4, -0.2) is 39.7 Å². The quantitative estimate of drug-likeness (QED) is 0.865. The van der Waals surface area contributed by atoms with Crippen LogP contribution in [0.3, 0.4) is 0 Å². The summed E-state index contributed by atoms with van der Waals surface area (Å²) in [5, 5.41) is 8.88. The van der Waals surface area contributed by atoms with Gasteiger partial charge in [-0.15, -0.1) is 11.3 Å². The molecule has 3 rings (SSSR count). The van der Waals surface area contributed by atoms with Gasteiger partial charge in [-0.05, 0) is 30.4 Å². The molecular formula is C16H21N5O2S. The normalized spacial score (nSPS) is 19.0. The molecule has 1 aliphatic rings. The Morgan fingerprint density at radius 2 is 2.33 bits per heavy atom. The number of aromatic nitrogens is 2. The Morgan fingerprint density at radius 1 is 1.46 bits per heavy atom. The third-order valence-corrected chi connectivity index (χ3v) is 5.22. The maximum Gasteiger partial charge on any atom is 0.312 e. The highest BCUT2D eigenvalue weighted by Crippen LogP contribution is 2.25. The van der Waals surface area contributed by atoms with Gasteiger partial charge >= 0.3 is 6.03 Å². The molecule has 0 saturated carbocycles. The molecule has 2 aromatic rings. The summed E-state index contributed by atoms with van der Waals surface area (Å²) in [6.07, 6.45) is 5.87. The Bertz CT molecular complexity index is 671. The molecule has 0 unspecified atom stereocenters. The maximum absolute atomic E-state index is 12.7. The third kappa shape index (κ3) is 3.94. The molecule has 0 spiro atoms. The van der Waals surface area contributed by atoms with Crippen LogP contribution in [0.5, 0.6) is 0 Å². The van der Waals surface area contributed by atoms with Crippen LogP contribution in [0.1, 0.15) is 36.2 Å². The predicted molar refractivity (Wildman–Crippen MR) is 91.5 cm³/mol. The van der Waals surface area contributed by atoms with Gasteiger partial charge in [-0.2, -0.15) is 5.10 Å². The van der Waals surface area contributed by atoms with E-state index >= 15 is 0 Å². The number of carbonyl (C=O) groups excluding carboxylic acids is 2. The first-order valence-corrected chi connectivity index (χ1v) is 8.87. The summed E-state index contributed by atoms with van der Waals surface area (Å²) in [4.78, 5) is 26.8. The maximum atomic E-state index is 12.7. The standard InChI is InChI=1S/C16H21N5O2S/c17-16(23)19-13(14-5-2-9-24-14)10-15(22)20-7-1-4-12(11-20)21-8-3-6-18-21/h2-3,5-6,8-9,12-13H,1,4,7,10-11H2,(H3,17,19,23)/t12-,13-/m1/s1. The number of amides is 3. The van der Waals surface area contributed by atoms with Gasteiger partial charge in [-0.25, -0.2) is 4.79 Å². The largest absolute Gasteiger partial charge is 0.352 e. The molecule has 0 aliphatic carbocycles. The minimum Gasteiger partial charge on any atom is -0.352 e. The van der Waals surface area contributed by atoms with Gasteiger partial charge in [0.2, 0.25) is 5.91 Å². The predicted octanol–water partition coefficient (Wildman–Crippen LogP) is 1.91. The third-order valence-electron chi connectivity index (χ3n) is 4.23.